The largest absolute Gasteiger partial charge is 0.367 e. The summed E-state index contributed by atoms with van der Waals surface area (Å²) < 4.78 is 1.15. The van der Waals surface area contributed by atoms with Crippen LogP contribution in [0.5, 0.6) is 0 Å². The number of hydrogen-bond donors (Lipinski definition) is 1. The highest BCUT2D eigenvalue weighted by atomic mass is 32.1. The monoisotopic (exact) mass is 227 g/mol. The van der Waals surface area contributed by atoms with E-state index in [0.717, 1.165) is 15.0 Å². The molecule has 0 saturated heterocycles. The SMILES string of the molecule is O=C(c1cc[nH]c1)c1cc2ccccc2s1. The molecule has 1 aromatic carbocycles. The van der Waals surface area contributed by atoms with Crippen LogP contribution >= 0.6 is 11.3 Å². The van der Waals surface area contributed by atoms with Gasteiger partial charge in [0.1, 0.15) is 0 Å². The first-order chi connectivity index (χ1) is 7.84. The van der Waals surface area contributed by atoms with E-state index in [1.165, 1.54) is 0 Å². The molecular formula is C13H9NOS. The molecule has 0 amide bonds. The summed E-state index contributed by atoms with van der Waals surface area (Å²) in [5.41, 5.74) is 0.714. The van der Waals surface area contributed by atoms with Crippen molar-refractivity contribution >= 4 is 27.2 Å². The molecule has 0 fully saturated rings. The number of carbonyl (C=O) groups excluding carboxylic acids is 1. The average molecular weight is 227 g/mol. The van der Waals surface area contributed by atoms with Gasteiger partial charge in [-0.2, -0.15) is 0 Å². The number of fused-ring (bicyclic) bond motifs is 1. The summed E-state index contributed by atoms with van der Waals surface area (Å²) in [6, 6.07) is 11.8. The van der Waals surface area contributed by atoms with E-state index in [-0.39, 0.29) is 5.78 Å². The van der Waals surface area contributed by atoms with Crippen molar-refractivity contribution in [3.8, 4) is 0 Å². The number of hydrogen-bond acceptors (Lipinski definition) is 2. The van der Waals surface area contributed by atoms with E-state index in [4.69, 9.17) is 0 Å². The van der Waals surface area contributed by atoms with Crippen LogP contribution in [-0.2, 0) is 0 Å². The van der Waals surface area contributed by atoms with Gasteiger partial charge in [-0.05, 0) is 23.6 Å². The van der Waals surface area contributed by atoms with Gasteiger partial charge in [0.05, 0.1) is 4.88 Å². The summed E-state index contributed by atoms with van der Waals surface area (Å²) in [4.78, 5) is 15.8. The predicted molar refractivity (Wildman–Crippen MR) is 66.1 cm³/mol. The molecule has 1 N–H and O–H groups in total. The van der Waals surface area contributed by atoms with Crippen molar-refractivity contribution in [2.75, 3.05) is 0 Å². The molecule has 0 aliphatic rings. The third-order valence-electron chi connectivity index (χ3n) is 2.51. The Balaban J connectivity index is 2.10. The van der Waals surface area contributed by atoms with Gasteiger partial charge in [0, 0.05) is 22.7 Å². The Morgan fingerprint density at radius 1 is 1.19 bits per heavy atom. The number of H-pyrrole nitrogens is 1. The topological polar surface area (TPSA) is 32.9 Å². The van der Waals surface area contributed by atoms with Gasteiger partial charge in [-0.15, -0.1) is 11.3 Å². The van der Waals surface area contributed by atoms with E-state index < -0.39 is 0 Å². The number of carbonyl (C=O) groups is 1. The fraction of sp³-hybridized carbons (Fsp3) is 0. The molecule has 0 aliphatic carbocycles. The zero-order valence-electron chi connectivity index (χ0n) is 8.44. The minimum Gasteiger partial charge on any atom is -0.367 e. The predicted octanol–water partition coefficient (Wildman–Crippen LogP) is 3.46. The highest BCUT2D eigenvalue weighted by Gasteiger charge is 2.12. The van der Waals surface area contributed by atoms with Gasteiger partial charge in [0.15, 0.2) is 0 Å². The molecule has 0 radical (unpaired) electrons. The zero-order valence-corrected chi connectivity index (χ0v) is 9.25. The van der Waals surface area contributed by atoms with Crippen LogP contribution in [0.2, 0.25) is 0 Å². The molecule has 0 bridgehead atoms. The van der Waals surface area contributed by atoms with Crippen LogP contribution in [0.4, 0.5) is 0 Å². The first kappa shape index (κ1) is 9.36. The summed E-state index contributed by atoms with van der Waals surface area (Å²) in [7, 11) is 0. The quantitative estimate of drug-likeness (QED) is 0.668. The van der Waals surface area contributed by atoms with Crippen LogP contribution in [0, 0.1) is 0 Å². The molecule has 2 heterocycles. The van der Waals surface area contributed by atoms with E-state index in [9.17, 15) is 4.79 Å². The lowest BCUT2D eigenvalue weighted by atomic mass is 10.2. The van der Waals surface area contributed by atoms with Crippen molar-refractivity contribution in [3.63, 3.8) is 0 Å². The Hall–Kier alpha value is -1.87. The van der Waals surface area contributed by atoms with E-state index in [2.05, 4.69) is 4.98 Å². The lowest BCUT2D eigenvalue weighted by molar-refractivity contribution is 0.104. The van der Waals surface area contributed by atoms with Crippen LogP contribution in [0.3, 0.4) is 0 Å². The van der Waals surface area contributed by atoms with Crippen LogP contribution in [-0.4, -0.2) is 10.8 Å². The summed E-state index contributed by atoms with van der Waals surface area (Å²) >= 11 is 1.54. The molecule has 0 saturated carbocycles. The summed E-state index contributed by atoms with van der Waals surface area (Å²) in [5.74, 6) is 0.0856. The number of aromatic nitrogens is 1. The van der Waals surface area contributed by atoms with Gasteiger partial charge in [-0.1, -0.05) is 18.2 Å². The van der Waals surface area contributed by atoms with E-state index in [0.29, 0.717) is 5.56 Å². The Bertz CT molecular complexity index is 604. The number of rotatable bonds is 2. The van der Waals surface area contributed by atoms with E-state index >= 15 is 0 Å². The van der Waals surface area contributed by atoms with Crippen LogP contribution in [0.15, 0.2) is 48.8 Å². The van der Waals surface area contributed by atoms with Crippen LogP contribution < -0.4 is 0 Å². The second-order valence-corrected chi connectivity index (χ2v) is 4.66. The second-order valence-electron chi connectivity index (χ2n) is 3.58. The van der Waals surface area contributed by atoms with Crippen molar-refractivity contribution < 1.29 is 4.79 Å². The number of ketones is 1. The third kappa shape index (κ3) is 1.46. The van der Waals surface area contributed by atoms with Crippen molar-refractivity contribution in [3.05, 3.63) is 59.2 Å². The summed E-state index contributed by atoms with van der Waals surface area (Å²) in [6.07, 6.45) is 3.49. The van der Waals surface area contributed by atoms with Crippen LogP contribution in [0.1, 0.15) is 15.2 Å². The van der Waals surface area contributed by atoms with E-state index in [1.807, 2.05) is 30.3 Å². The van der Waals surface area contributed by atoms with Crippen LogP contribution in [0.25, 0.3) is 10.1 Å². The molecule has 78 valence electrons. The molecule has 0 unspecified atom stereocenters. The van der Waals surface area contributed by atoms with Gasteiger partial charge >= 0.3 is 0 Å². The molecule has 0 aliphatic heterocycles. The Labute approximate surface area is 96.5 Å². The molecule has 2 nitrogen and oxygen atoms in total. The number of aromatic amines is 1. The van der Waals surface area contributed by atoms with Gasteiger partial charge in [0.25, 0.3) is 0 Å². The van der Waals surface area contributed by atoms with Gasteiger partial charge in [-0.25, -0.2) is 0 Å². The highest BCUT2D eigenvalue weighted by Crippen LogP contribution is 2.26. The zero-order chi connectivity index (χ0) is 11.0. The normalized spacial score (nSPS) is 10.8. The lowest BCUT2D eigenvalue weighted by Crippen LogP contribution is -1.95. The van der Waals surface area contributed by atoms with E-state index in [1.54, 1.807) is 29.8 Å². The first-order valence-corrected chi connectivity index (χ1v) is 5.82. The molecule has 0 spiro atoms. The minimum absolute atomic E-state index is 0.0856. The number of nitrogens with one attached hydrogen (secondary N) is 1. The number of benzene rings is 1. The molecule has 3 rings (SSSR count). The molecule has 2 aromatic heterocycles. The standard InChI is InChI=1S/C13H9NOS/c15-13(10-5-6-14-8-10)12-7-9-3-1-2-4-11(9)16-12/h1-8,14H. The molecule has 3 aromatic rings. The maximum absolute atomic E-state index is 12.1. The summed E-state index contributed by atoms with van der Waals surface area (Å²) in [6.45, 7) is 0. The van der Waals surface area contributed by atoms with Gasteiger partial charge in [0.2, 0.25) is 5.78 Å². The third-order valence-corrected chi connectivity index (χ3v) is 3.62. The van der Waals surface area contributed by atoms with Crippen molar-refractivity contribution in [1.82, 2.24) is 4.98 Å². The van der Waals surface area contributed by atoms with Crippen molar-refractivity contribution in [1.29, 1.82) is 0 Å². The Kier molecular flexibility index (Phi) is 2.11. The molecule has 3 heteroatoms. The smallest absolute Gasteiger partial charge is 0.204 e. The Morgan fingerprint density at radius 3 is 2.81 bits per heavy atom. The maximum Gasteiger partial charge on any atom is 0.204 e. The highest BCUT2D eigenvalue weighted by molar-refractivity contribution is 7.21. The van der Waals surface area contributed by atoms with Crippen molar-refractivity contribution in [2.45, 2.75) is 0 Å². The second kappa shape index (κ2) is 3.61. The molecule has 0 atom stereocenters. The minimum atomic E-state index is 0.0856. The fourth-order valence-electron chi connectivity index (χ4n) is 1.70. The van der Waals surface area contributed by atoms with Gasteiger partial charge in [-0.3, -0.25) is 4.79 Å². The van der Waals surface area contributed by atoms with Gasteiger partial charge < -0.3 is 4.98 Å². The summed E-state index contributed by atoms with van der Waals surface area (Å²) in [5, 5.41) is 1.13. The number of thiophene rings is 1. The maximum atomic E-state index is 12.1. The average Bonchev–Trinajstić information content (AvgIpc) is 2.97. The van der Waals surface area contributed by atoms with Crippen molar-refractivity contribution in [2.24, 2.45) is 0 Å². The molecular weight excluding hydrogens is 218 g/mol. The fourth-order valence-corrected chi connectivity index (χ4v) is 2.73. The Morgan fingerprint density at radius 2 is 2.06 bits per heavy atom. The molecule has 16 heavy (non-hydrogen) atoms. The first-order valence-electron chi connectivity index (χ1n) is 5.01. The lowest BCUT2D eigenvalue weighted by Gasteiger charge is -1.90.